The molecule has 3 rings (SSSR count). The van der Waals surface area contributed by atoms with Crippen LogP contribution in [0, 0.1) is 5.92 Å². The predicted octanol–water partition coefficient (Wildman–Crippen LogP) is 0.167. The Bertz CT molecular complexity index is 578. The molecule has 2 aliphatic rings. The Morgan fingerprint density at radius 1 is 1.39 bits per heavy atom. The van der Waals surface area contributed by atoms with Gasteiger partial charge in [0.15, 0.2) is 0 Å². The highest BCUT2D eigenvalue weighted by molar-refractivity contribution is 5.95. The number of aryl methyl sites for hydroxylation is 1. The lowest BCUT2D eigenvalue weighted by molar-refractivity contribution is -0.118. The van der Waals surface area contributed by atoms with Crippen molar-refractivity contribution in [3.8, 4) is 0 Å². The van der Waals surface area contributed by atoms with Crippen LogP contribution in [-0.2, 0) is 11.2 Å². The molecule has 2 heterocycles. The van der Waals surface area contributed by atoms with Crippen LogP contribution >= 0.6 is 0 Å². The van der Waals surface area contributed by atoms with E-state index in [9.17, 15) is 15.0 Å². The molecule has 0 radical (unpaired) electrons. The highest BCUT2D eigenvalue weighted by atomic mass is 16.5. The summed E-state index contributed by atoms with van der Waals surface area (Å²) < 4.78 is 5.22. The summed E-state index contributed by atoms with van der Waals surface area (Å²) in [5, 5.41) is 22.4. The number of hydrogen-bond donors (Lipinski definition) is 3. The van der Waals surface area contributed by atoms with Crippen LogP contribution < -0.4 is 10.2 Å². The minimum Gasteiger partial charge on any atom is -0.390 e. The van der Waals surface area contributed by atoms with Crippen molar-refractivity contribution >= 4 is 11.6 Å². The van der Waals surface area contributed by atoms with E-state index in [2.05, 4.69) is 17.3 Å². The first-order valence-corrected chi connectivity index (χ1v) is 8.12. The Morgan fingerprint density at radius 2 is 2.22 bits per heavy atom. The number of nitrogens with zero attached hydrogens (tertiary/aromatic N) is 1. The predicted molar refractivity (Wildman–Crippen MR) is 86.7 cm³/mol. The zero-order valence-electron chi connectivity index (χ0n) is 13.4. The number of aliphatic hydroxyl groups is 2. The van der Waals surface area contributed by atoms with Gasteiger partial charge in [-0.1, -0.05) is 0 Å². The Labute approximate surface area is 136 Å². The van der Waals surface area contributed by atoms with Gasteiger partial charge in [0.25, 0.3) is 5.91 Å². The van der Waals surface area contributed by atoms with Crippen LogP contribution in [0.15, 0.2) is 18.2 Å². The molecule has 3 atom stereocenters. The average Bonchev–Trinajstić information content (AvgIpc) is 2.56. The van der Waals surface area contributed by atoms with E-state index < -0.39 is 12.2 Å². The normalized spacial score (nSPS) is 27.4. The maximum absolute atomic E-state index is 12.3. The van der Waals surface area contributed by atoms with Crippen molar-refractivity contribution in [3.05, 3.63) is 29.3 Å². The third kappa shape index (κ3) is 3.49. The number of ether oxygens (including phenoxy) is 1. The average molecular weight is 320 g/mol. The number of benzene rings is 1. The fourth-order valence-electron chi connectivity index (χ4n) is 3.28. The van der Waals surface area contributed by atoms with Gasteiger partial charge in [0.2, 0.25) is 0 Å². The number of aliphatic hydroxyl groups excluding tert-OH is 2. The molecule has 0 aliphatic carbocycles. The topological polar surface area (TPSA) is 82.0 Å². The zero-order valence-corrected chi connectivity index (χ0v) is 13.4. The largest absolute Gasteiger partial charge is 0.390 e. The van der Waals surface area contributed by atoms with Gasteiger partial charge < -0.3 is 25.2 Å². The van der Waals surface area contributed by atoms with Gasteiger partial charge in [-0.3, -0.25) is 4.79 Å². The van der Waals surface area contributed by atoms with E-state index in [4.69, 9.17) is 4.74 Å². The van der Waals surface area contributed by atoms with Crippen LogP contribution in [0.1, 0.15) is 22.3 Å². The molecule has 1 fully saturated rings. The fourth-order valence-corrected chi connectivity index (χ4v) is 3.28. The van der Waals surface area contributed by atoms with Crippen molar-refractivity contribution < 1.29 is 19.7 Å². The lowest BCUT2D eigenvalue weighted by Crippen LogP contribution is -2.48. The number of rotatable bonds is 3. The summed E-state index contributed by atoms with van der Waals surface area (Å²) in [6.07, 6.45) is 0.339. The lowest BCUT2D eigenvalue weighted by Gasteiger charge is -2.31. The summed E-state index contributed by atoms with van der Waals surface area (Å²) in [5.41, 5.74) is 3.01. The van der Waals surface area contributed by atoms with Gasteiger partial charge in [0.05, 0.1) is 19.3 Å². The molecule has 2 aliphatic heterocycles. The quantitative estimate of drug-likeness (QED) is 0.739. The van der Waals surface area contributed by atoms with Gasteiger partial charge >= 0.3 is 0 Å². The van der Waals surface area contributed by atoms with Crippen molar-refractivity contribution in [1.29, 1.82) is 0 Å². The summed E-state index contributed by atoms with van der Waals surface area (Å²) in [4.78, 5) is 14.5. The van der Waals surface area contributed by atoms with Crippen LogP contribution in [0.25, 0.3) is 0 Å². The summed E-state index contributed by atoms with van der Waals surface area (Å²) >= 11 is 0. The first-order valence-electron chi connectivity index (χ1n) is 8.12. The maximum Gasteiger partial charge on any atom is 0.251 e. The molecule has 0 unspecified atom stereocenters. The highest BCUT2D eigenvalue weighted by Crippen LogP contribution is 2.26. The molecule has 1 aromatic carbocycles. The van der Waals surface area contributed by atoms with E-state index in [1.165, 1.54) is 11.3 Å². The number of fused-ring (bicyclic) bond motifs is 1. The van der Waals surface area contributed by atoms with Gasteiger partial charge in [-0.2, -0.15) is 0 Å². The Morgan fingerprint density at radius 3 is 3.04 bits per heavy atom. The Balaban J connectivity index is 1.62. The number of carbonyl (C=O) groups excluding carboxylic acids is 1. The van der Waals surface area contributed by atoms with Gasteiger partial charge in [0.1, 0.15) is 6.10 Å². The van der Waals surface area contributed by atoms with E-state index in [1.807, 2.05) is 18.2 Å². The number of carbonyl (C=O) groups is 1. The third-order valence-electron chi connectivity index (χ3n) is 4.72. The Hall–Kier alpha value is -1.63. The van der Waals surface area contributed by atoms with Crippen LogP contribution in [0.2, 0.25) is 0 Å². The van der Waals surface area contributed by atoms with E-state index in [-0.39, 0.29) is 25.0 Å². The second kappa shape index (κ2) is 6.86. The molecule has 23 heavy (non-hydrogen) atoms. The summed E-state index contributed by atoms with van der Waals surface area (Å²) in [7, 11) is 2.06. The Kier molecular flexibility index (Phi) is 4.84. The van der Waals surface area contributed by atoms with Gasteiger partial charge in [0, 0.05) is 37.3 Å². The first kappa shape index (κ1) is 16.2. The van der Waals surface area contributed by atoms with E-state index in [0.29, 0.717) is 12.2 Å². The molecule has 0 aromatic heterocycles. The third-order valence-corrected chi connectivity index (χ3v) is 4.72. The van der Waals surface area contributed by atoms with Crippen molar-refractivity contribution in [2.75, 3.05) is 38.3 Å². The fraction of sp³-hybridized carbons (Fsp3) is 0.588. The second-order valence-electron chi connectivity index (χ2n) is 6.43. The standard InChI is InChI=1S/C17H24N2O4/c1-19-6-2-3-11-7-12(4-5-14(11)19)17(22)18-8-13-9-23-10-15(20)16(13)21/h4-5,7,13,15-16,20-21H,2-3,6,8-10H2,1H3,(H,18,22)/t13-,15-,16+/m1/s1. The molecule has 1 amide bonds. The van der Waals surface area contributed by atoms with Crippen molar-refractivity contribution in [2.45, 2.75) is 25.0 Å². The van der Waals surface area contributed by atoms with Gasteiger partial charge in [-0.05, 0) is 36.6 Å². The van der Waals surface area contributed by atoms with Crippen LogP contribution in [-0.4, -0.2) is 61.7 Å². The molecule has 3 N–H and O–H groups in total. The number of hydrogen-bond acceptors (Lipinski definition) is 5. The van der Waals surface area contributed by atoms with Crippen molar-refractivity contribution in [1.82, 2.24) is 5.32 Å². The molecule has 1 saturated heterocycles. The number of anilines is 1. The molecule has 126 valence electrons. The van der Waals surface area contributed by atoms with E-state index in [1.54, 1.807) is 0 Å². The minimum absolute atomic E-state index is 0.143. The molecular weight excluding hydrogens is 296 g/mol. The van der Waals surface area contributed by atoms with Crippen LogP contribution in [0.3, 0.4) is 0 Å². The van der Waals surface area contributed by atoms with Gasteiger partial charge in [-0.15, -0.1) is 0 Å². The van der Waals surface area contributed by atoms with Crippen molar-refractivity contribution in [3.63, 3.8) is 0 Å². The molecule has 0 spiro atoms. The first-order chi connectivity index (χ1) is 11.1. The molecule has 0 saturated carbocycles. The lowest BCUT2D eigenvalue weighted by atomic mass is 9.96. The summed E-state index contributed by atoms with van der Waals surface area (Å²) in [5.74, 6) is -0.445. The van der Waals surface area contributed by atoms with Gasteiger partial charge in [-0.25, -0.2) is 0 Å². The van der Waals surface area contributed by atoms with Crippen LogP contribution in [0.4, 0.5) is 5.69 Å². The number of amides is 1. The molecule has 6 nitrogen and oxygen atoms in total. The van der Waals surface area contributed by atoms with Crippen LogP contribution in [0.5, 0.6) is 0 Å². The molecular formula is C17H24N2O4. The molecule has 6 heteroatoms. The van der Waals surface area contributed by atoms with E-state index in [0.717, 1.165) is 19.4 Å². The van der Waals surface area contributed by atoms with E-state index >= 15 is 0 Å². The summed E-state index contributed by atoms with van der Waals surface area (Å²) in [6.45, 7) is 1.81. The smallest absolute Gasteiger partial charge is 0.251 e. The van der Waals surface area contributed by atoms with Crippen molar-refractivity contribution in [2.24, 2.45) is 5.92 Å². The minimum atomic E-state index is -0.884. The molecule has 1 aromatic rings. The second-order valence-corrected chi connectivity index (χ2v) is 6.43. The SMILES string of the molecule is CN1CCCc2cc(C(=O)NC[C@@H]3COC[C@@H](O)[C@H]3O)ccc21. The number of nitrogens with one attached hydrogen (secondary N) is 1. The zero-order chi connectivity index (χ0) is 16.4. The maximum atomic E-state index is 12.3. The summed E-state index contributed by atoms with van der Waals surface area (Å²) in [6, 6.07) is 5.77. The molecule has 0 bridgehead atoms. The monoisotopic (exact) mass is 320 g/mol. The highest BCUT2D eigenvalue weighted by Gasteiger charge is 2.31.